The normalized spacial score (nSPS) is 43.4. The Morgan fingerprint density at radius 2 is 1.86 bits per heavy atom. The summed E-state index contributed by atoms with van der Waals surface area (Å²) in [7, 11) is -3.97. The maximum absolute atomic E-state index is 13.7. The Morgan fingerprint density at radius 3 is 2.55 bits per heavy atom. The fourth-order valence-corrected chi connectivity index (χ4v) is 10.7. The molecule has 3 amide bonds. The Labute approximate surface area is 247 Å². The number of carbonyl (C=O) groups excluding carboxylic acids is 2. The highest BCUT2D eigenvalue weighted by Crippen LogP contribution is 2.68. The zero-order valence-electron chi connectivity index (χ0n) is 24.7. The molecule has 1 aromatic rings. The van der Waals surface area contributed by atoms with Crippen LogP contribution in [0, 0.1) is 40.4 Å². The molecule has 5 fully saturated rings. The minimum absolute atomic E-state index is 0.0371. The summed E-state index contributed by atoms with van der Waals surface area (Å²) in [6, 6.07) is 6.54. The smallest absolute Gasteiger partial charge is 0.332 e. The number of aliphatic hydroxyl groups is 1. The summed E-state index contributed by atoms with van der Waals surface area (Å²) in [6.45, 7) is 9.05. The molecule has 42 heavy (non-hydrogen) atoms. The van der Waals surface area contributed by atoms with Crippen molar-refractivity contribution in [1.82, 2.24) is 15.5 Å². The lowest BCUT2D eigenvalue weighted by Crippen LogP contribution is -2.75. The van der Waals surface area contributed by atoms with Crippen molar-refractivity contribution in [2.45, 2.75) is 88.5 Å². The van der Waals surface area contributed by atoms with Gasteiger partial charge in [-0.05, 0) is 61.5 Å². The van der Waals surface area contributed by atoms with E-state index in [0.29, 0.717) is 31.5 Å². The molecule has 2 aliphatic heterocycles. The number of aliphatic hydroxyl groups excluding tert-OH is 1. The number of hydrazone groups is 1. The van der Waals surface area contributed by atoms with E-state index in [0.717, 1.165) is 12.8 Å². The van der Waals surface area contributed by atoms with Crippen LogP contribution >= 0.6 is 0 Å². The van der Waals surface area contributed by atoms with Gasteiger partial charge < -0.3 is 20.9 Å². The Morgan fingerprint density at radius 1 is 1.14 bits per heavy atom. The number of sulfonamides is 1. The van der Waals surface area contributed by atoms with Crippen molar-refractivity contribution >= 4 is 27.7 Å². The number of hydrogen-bond acceptors (Lipinski definition) is 7. The predicted molar refractivity (Wildman–Crippen MR) is 155 cm³/mol. The van der Waals surface area contributed by atoms with E-state index >= 15 is 0 Å². The molecule has 2 saturated heterocycles. The number of ether oxygens (including phenoxy) is 1. The lowest BCUT2D eigenvalue weighted by atomic mass is 9.41. The molecule has 0 aromatic heterocycles. The number of urea groups is 1. The highest BCUT2D eigenvalue weighted by atomic mass is 32.2. The molecule has 5 aliphatic rings. The van der Waals surface area contributed by atoms with E-state index in [1.165, 1.54) is 12.1 Å². The van der Waals surface area contributed by atoms with Crippen molar-refractivity contribution in [1.29, 1.82) is 0 Å². The van der Waals surface area contributed by atoms with Crippen LogP contribution in [0.25, 0.3) is 0 Å². The summed E-state index contributed by atoms with van der Waals surface area (Å²) in [5.41, 5.74) is 6.40. The average molecular weight is 602 g/mol. The number of carbonyl (C=O) groups is 2. The Hall–Kier alpha value is -2.54. The monoisotopic (exact) mass is 601 g/mol. The van der Waals surface area contributed by atoms with E-state index in [2.05, 4.69) is 34.4 Å². The molecule has 0 radical (unpaired) electrons. The third kappa shape index (κ3) is 4.31. The number of nitrogens with two attached hydrogens (primary N) is 1. The van der Waals surface area contributed by atoms with Gasteiger partial charge >= 0.3 is 6.03 Å². The maximum atomic E-state index is 13.7. The molecule has 10 unspecified atom stereocenters. The molecule has 3 saturated carbocycles. The SMILES string of the molecule is CC1CCC2C(C)(C)C(=NNC(N)=O)C(NS(=O)(=O)c3ccccc3)CC23OC2C(CC13C)C(O)CC1C(=O)NCC12. The number of nitrogens with zero attached hydrogens (tertiary/aromatic N) is 1. The summed E-state index contributed by atoms with van der Waals surface area (Å²) in [5.74, 6) is -0.345. The van der Waals surface area contributed by atoms with Crippen molar-refractivity contribution in [2.75, 3.05) is 6.54 Å². The quantitative estimate of drug-likeness (QED) is 0.331. The first kappa shape index (κ1) is 29.5. The molecule has 6 rings (SSSR count). The van der Waals surface area contributed by atoms with Crippen LogP contribution in [-0.4, -0.2) is 61.6 Å². The van der Waals surface area contributed by atoms with Gasteiger partial charge in [-0.2, -0.15) is 5.10 Å². The summed E-state index contributed by atoms with van der Waals surface area (Å²) in [6.07, 6.45) is 2.21. The van der Waals surface area contributed by atoms with Crippen LogP contribution in [0.3, 0.4) is 0 Å². The van der Waals surface area contributed by atoms with E-state index in [-0.39, 0.29) is 46.5 Å². The second-order valence-electron chi connectivity index (χ2n) is 14.0. The fraction of sp³-hybridized carbons (Fsp3) is 0.700. The van der Waals surface area contributed by atoms with Crippen molar-refractivity contribution < 1.29 is 27.9 Å². The Bertz CT molecular complexity index is 1400. The minimum Gasteiger partial charge on any atom is -0.393 e. The van der Waals surface area contributed by atoms with Crippen LogP contribution in [0.2, 0.25) is 0 Å². The highest BCUT2D eigenvalue weighted by molar-refractivity contribution is 7.89. The van der Waals surface area contributed by atoms with Gasteiger partial charge in [0, 0.05) is 29.7 Å². The van der Waals surface area contributed by atoms with Gasteiger partial charge in [0.25, 0.3) is 0 Å². The highest BCUT2D eigenvalue weighted by Gasteiger charge is 2.71. The predicted octanol–water partition coefficient (Wildman–Crippen LogP) is 2.11. The number of hydrogen-bond donors (Lipinski definition) is 5. The third-order valence-electron chi connectivity index (χ3n) is 11.7. The minimum atomic E-state index is -3.97. The number of fused-ring (bicyclic) bond motifs is 3. The zero-order chi connectivity index (χ0) is 30.2. The van der Waals surface area contributed by atoms with Crippen LogP contribution in [0.15, 0.2) is 40.3 Å². The van der Waals surface area contributed by atoms with E-state index in [1.54, 1.807) is 18.2 Å². The molecule has 1 aromatic carbocycles. The van der Waals surface area contributed by atoms with Gasteiger partial charge in [-0.25, -0.2) is 23.4 Å². The third-order valence-corrected chi connectivity index (χ3v) is 13.2. The number of nitrogens with one attached hydrogen (secondary N) is 3. The molecule has 10 atom stereocenters. The van der Waals surface area contributed by atoms with Gasteiger partial charge in [0.15, 0.2) is 0 Å². The summed E-state index contributed by atoms with van der Waals surface area (Å²) < 4.78 is 37.8. The van der Waals surface area contributed by atoms with E-state index in [4.69, 9.17) is 10.5 Å². The number of rotatable bonds is 4. The van der Waals surface area contributed by atoms with Gasteiger partial charge in [0.2, 0.25) is 15.9 Å². The van der Waals surface area contributed by atoms with Gasteiger partial charge in [0.1, 0.15) is 0 Å². The zero-order valence-corrected chi connectivity index (χ0v) is 25.5. The molecule has 6 N–H and O–H groups in total. The summed E-state index contributed by atoms with van der Waals surface area (Å²) >= 11 is 0. The standard InChI is InChI=1S/C30H43N5O6S/c1-16-10-11-23-28(2,3)25(33-34-27(31)38)21(35-42(39,40)17-8-6-5-7-9-17)14-30(23)29(16,4)13-19-22(36)12-18-20(24(19)41-30)15-32-26(18)37/h5-9,16,18-24,35-36H,10-15H2,1-4H3,(H,32,37)(H3,31,34,38). The van der Waals surface area contributed by atoms with Crippen LogP contribution in [0.4, 0.5) is 4.79 Å². The van der Waals surface area contributed by atoms with Gasteiger partial charge in [-0.15, -0.1) is 0 Å². The topological polar surface area (TPSA) is 172 Å². The van der Waals surface area contributed by atoms with Gasteiger partial charge in [-0.3, -0.25) is 4.79 Å². The van der Waals surface area contributed by atoms with Crippen molar-refractivity contribution in [3.63, 3.8) is 0 Å². The van der Waals surface area contributed by atoms with E-state index < -0.39 is 44.6 Å². The second kappa shape index (κ2) is 10.0. The van der Waals surface area contributed by atoms with Crippen molar-refractivity contribution in [2.24, 2.45) is 51.3 Å². The second-order valence-corrected chi connectivity index (χ2v) is 15.7. The molecular weight excluding hydrogens is 558 g/mol. The van der Waals surface area contributed by atoms with Gasteiger partial charge in [-0.1, -0.05) is 45.9 Å². The number of amides is 3. The number of benzene rings is 1. The molecule has 11 nitrogen and oxygen atoms in total. The first-order chi connectivity index (χ1) is 19.7. The van der Waals surface area contributed by atoms with Crippen LogP contribution in [-0.2, 0) is 19.6 Å². The van der Waals surface area contributed by atoms with Crippen LogP contribution < -0.4 is 21.2 Å². The Kier molecular flexibility index (Phi) is 7.03. The maximum Gasteiger partial charge on any atom is 0.332 e. The Balaban J connectivity index is 1.48. The molecule has 230 valence electrons. The van der Waals surface area contributed by atoms with E-state index in [1.807, 2.05) is 13.8 Å². The lowest BCUT2D eigenvalue weighted by Gasteiger charge is -2.70. The molecule has 3 aliphatic carbocycles. The lowest BCUT2D eigenvalue weighted by molar-refractivity contribution is -0.319. The molecule has 1 spiro atoms. The van der Waals surface area contributed by atoms with Gasteiger partial charge in [0.05, 0.1) is 34.5 Å². The summed E-state index contributed by atoms with van der Waals surface area (Å²) in [4.78, 5) is 24.6. The number of primary amides is 1. The van der Waals surface area contributed by atoms with E-state index in [9.17, 15) is 23.1 Å². The first-order valence-corrected chi connectivity index (χ1v) is 16.5. The van der Waals surface area contributed by atoms with Crippen molar-refractivity contribution in [3.05, 3.63) is 30.3 Å². The first-order valence-electron chi connectivity index (χ1n) is 15.1. The van der Waals surface area contributed by atoms with Crippen LogP contribution in [0.1, 0.15) is 59.8 Å². The fourth-order valence-electron chi connectivity index (χ4n) is 9.50. The molecule has 12 heteroatoms. The summed E-state index contributed by atoms with van der Waals surface area (Å²) in [5, 5.41) is 18.8. The van der Waals surface area contributed by atoms with Crippen molar-refractivity contribution in [3.8, 4) is 0 Å². The molecule has 0 bridgehead atoms. The average Bonchev–Trinajstić information content (AvgIpc) is 3.28. The molecule has 2 heterocycles. The largest absolute Gasteiger partial charge is 0.393 e. The molecular formula is C30H43N5O6S. The van der Waals surface area contributed by atoms with Crippen LogP contribution in [0.5, 0.6) is 0 Å².